The van der Waals surface area contributed by atoms with Gasteiger partial charge < -0.3 is 14.7 Å². The second kappa shape index (κ2) is 11.1. The van der Waals surface area contributed by atoms with Gasteiger partial charge in [-0.05, 0) is 12.8 Å². The third-order valence-electron chi connectivity index (χ3n) is 5.71. The van der Waals surface area contributed by atoms with E-state index in [0.29, 0.717) is 45.7 Å². The number of alkyl halides is 6. The zero-order valence-electron chi connectivity index (χ0n) is 19.4. The molecule has 2 aliphatic heterocycles. The Labute approximate surface area is 202 Å². The number of carbonyl (C=O) groups excluding carboxylic acids is 1. The van der Waals surface area contributed by atoms with Gasteiger partial charge in [-0.1, -0.05) is 6.92 Å². The van der Waals surface area contributed by atoms with Crippen LogP contribution < -0.4 is 15.4 Å². The number of anilines is 2. The Bertz CT molecular complexity index is 1070. The Morgan fingerprint density at radius 3 is 2.00 bits per heavy atom. The number of H-pyrrole nitrogens is 1. The molecule has 1 amide bonds. The number of aromatic nitrogens is 4. The van der Waals surface area contributed by atoms with Gasteiger partial charge in [0, 0.05) is 64.1 Å². The topological polar surface area (TPSA) is 98.3 Å². The van der Waals surface area contributed by atoms with E-state index in [2.05, 4.69) is 15.1 Å². The second-order valence-electron chi connectivity index (χ2n) is 8.15. The number of nitrogens with zero attached hydrogens (tertiary/aromatic N) is 6. The van der Waals surface area contributed by atoms with Gasteiger partial charge in [0.25, 0.3) is 5.56 Å². The second-order valence-corrected chi connectivity index (χ2v) is 8.15. The van der Waals surface area contributed by atoms with Crippen molar-refractivity contribution in [3.05, 3.63) is 39.9 Å². The largest absolute Gasteiger partial charge is 0.421 e. The summed E-state index contributed by atoms with van der Waals surface area (Å²) in [5.74, 6) is 0.531. The molecule has 36 heavy (non-hydrogen) atoms. The summed E-state index contributed by atoms with van der Waals surface area (Å²) in [6, 6.07) is 0.810. The van der Waals surface area contributed by atoms with E-state index in [1.165, 1.54) is 0 Å². The van der Waals surface area contributed by atoms with Crippen LogP contribution in [-0.2, 0) is 17.1 Å². The fourth-order valence-corrected chi connectivity index (χ4v) is 3.72. The highest BCUT2D eigenvalue weighted by molar-refractivity contribution is 5.76. The molecule has 0 aliphatic carbocycles. The molecule has 1 N–H and O–H groups in total. The predicted octanol–water partition coefficient (Wildman–Crippen LogP) is 2.94. The lowest BCUT2D eigenvalue weighted by atomic mass is 10.3. The third kappa shape index (κ3) is 6.85. The summed E-state index contributed by atoms with van der Waals surface area (Å²) < 4.78 is 74.6. The zero-order valence-corrected chi connectivity index (χ0v) is 19.4. The first-order chi connectivity index (χ1) is 16.9. The van der Waals surface area contributed by atoms with E-state index in [4.69, 9.17) is 0 Å². The molecule has 0 aromatic carbocycles. The molecule has 0 unspecified atom stereocenters. The molecule has 198 valence electrons. The minimum absolute atomic E-state index is 0.0815. The van der Waals surface area contributed by atoms with Crippen LogP contribution >= 0.6 is 0 Å². The first-order valence-corrected chi connectivity index (χ1v) is 11.2. The van der Waals surface area contributed by atoms with Gasteiger partial charge in [-0.15, -0.1) is 0 Å². The Hall–Kier alpha value is -3.39. The summed E-state index contributed by atoms with van der Waals surface area (Å²) in [4.78, 5) is 35.2. The maximum atomic E-state index is 12.4. The number of rotatable bonds is 3. The molecular formula is C21H25F6N7O2. The van der Waals surface area contributed by atoms with E-state index in [0.717, 1.165) is 31.3 Å². The van der Waals surface area contributed by atoms with Crippen molar-refractivity contribution in [1.29, 1.82) is 0 Å². The van der Waals surface area contributed by atoms with Crippen molar-refractivity contribution in [3.8, 4) is 0 Å². The van der Waals surface area contributed by atoms with Crippen LogP contribution in [0.25, 0.3) is 0 Å². The Morgan fingerprint density at radius 2 is 1.50 bits per heavy atom. The SMILES string of the molecule is CCC(=O)N1CCN(c2ncc(C(F)(F)F)cn2)CC1.O=c1[nH]nc(N2CCCC2)cc1C(F)(F)F. The lowest BCUT2D eigenvalue weighted by molar-refractivity contribution is -0.139. The van der Waals surface area contributed by atoms with E-state index in [9.17, 15) is 35.9 Å². The fourth-order valence-electron chi connectivity index (χ4n) is 3.72. The lowest BCUT2D eigenvalue weighted by Gasteiger charge is -2.34. The van der Waals surface area contributed by atoms with Crippen molar-refractivity contribution in [1.82, 2.24) is 25.1 Å². The van der Waals surface area contributed by atoms with Crippen molar-refractivity contribution in [2.24, 2.45) is 0 Å². The minimum Gasteiger partial charge on any atom is -0.355 e. The highest BCUT2D eigenvalue weighted by Gasteiger charge is 2.35. The number of hydrogen-bond acceptors (Lipinski definition) is 7. The molecule has 2 fully saturated rings. The molecule has 9 nitrogen and oxygen atoms in total. The van der Waals surface area contributed by atoms with Crippen molar-refractivity contribution < 1.29 is 31.1 Å². The van der Waals surface area contributed by atoms with Crippen LogP contribution in [0.1, 0.15) is 37.3 Å². The summed E-state index contributed by atoms with van der Waals surface area (Å²) in [5.41, 5.74) is -3.25. The summed E-state index contributed by atoms with van der Waals surface area (Å²) in [7, 11) is 0. The zero-order chi connectivity index (χ0) is 26.5. The van der Waals surface area contributed by atoms with Gasteiger partial charge in [0.2, 0.25) is 11.9 Å². The van der Waals surface area contributed by atoms with Crippen LogP contribution in [0, 0.1) is 0 Å². The number of nitrogens with one attached hydrogen (secondary N) is 1. The molecule has 2 aliphatic rings. The van der Waals surface area contributed by atoms with E-state index >= 15 is 0 Å². The van der Waals surface area contributed by atoms with Gasteiger partial charge in [0.05, 0.1) is 5.56 Å². The first kappa shape index (κ1) is 27.2. The van der Waals surface area contributed by atoms with Crippen molar-refractivity contribution in [2.45, 2.75) is 38.5 Å². The number of carbonyl (C=O) groups is 1. The number of halogens is 6. The Kier molecular flexibility index (Phi) is 8.40. The van der Waals surface area contributed by atoms with Crippen LogP contribution in [0.15, 0.2) is 23.3 Å². The van der Waals surface area contributed by atoms with Gasteiger partial charge >= 0.3 is 12.4 Å². The van der Waals surface area contributed by atoms with Gasteiger partial charge in [0.1, 0.15) is 11.4 Å². The molecule has 0 saturated carbocycles. The molecule has 0 radical (unpaired) electrons. The normalized spacial score (nSPS) is 16.6. The summed E-state index contributed by atoms with van der Waals surface area (Å²) in [6.07, 6.45) is -5.17. The number of aromatic amines is 1. The fraction of sp³-hybridized carbons (Fsp3) is 0.571. The van der Waals surface area contributed by atoms with Crippen molar-refractivity contribution in [2.75, 3.05) is 49.1 Å². The molecule has 15 heteroatoms. The maximum Gasteiger partial charge on any atom is 0.421 e. The molecule has 2 aromatic rings. The molecular weight excluding hydrogens is 496 g/mol. The predicted molar refractivity (Wildman–Crippen MR) is 117 cm³/mol. The first-order valence-electron chi connectivity index (χ1n) is 11.2. The van der Waals surface area contributed by atoms with Crippen molar-refractivity contribution >= 4 is 17.7 Å². The van der Waals surface area contributed by atoms with E-state index in [1.54, 1.807) is 21.6 Å². The van der Waals surface area contributed by atoms with Crippen LogP contribution in [0.3, 0.4) is 0 Å². The smallest absolute Gasteiger partial charge is 0.355 e. The average molecular weight is 521 g/mol. The monoisotopic (exact) mass is 521 g/mol. The quantitative estimate of drug-likeness (QED) is 0.621. The lowest BCUT2D eigenvalue weighted by Crippen LogP contribution is -2.49. The van der Waals surface area contributed by atoms with Gasteiger partial charge in [-0.2, -0.15) is 31.4 Å². The summed E-state index contributed by atoms with van der Waals surface area (Å²) in [6.45, 7) is 5.28. The summed E-state index contributed by atoms with van der Waals surface area (Å²) in [5, 5.41) is 5.51. The number of piperazine rings is 1. The van der Waals surface area contributed by atoms with E-state index in [1.807, 2.05) is 5.10 Å². The molecule has 0 bridgehead atoms. The van der Waals surface area contributed by atoms with Gasteiger partial charge in [-0.3, -0.25) is 9.59 Å². The average Bonchev–Trinajstić information content (AvgIpc) is 3.38. The number of hydrogen-bond donors (Lipinski definition) is 1. The molecule has 2 saturated heterocycles. The van der Waals surface area contributed by atoms with Crippen LogP contribution in [-0.4, -0.2) is 70.2 Å². The van der Waals surface area contributed by atoms with Crippen LogP contribution in [0.2, 0.25) is 0 Å². The highest BCUT2D eigenvalue weighted by atomic mass is 19.4. The Balaban J connectivity index is 0.000000205. The van der Waals surface area contributed by atoms with Gasteiger partial charge in [-0.25, -0.2) is 15.1 Å². The number of amides is 1. The summed E-state index contributed by atoms with van der Waals surface area (Å²) >= 11 is 0. The molecule has 4 rings (SSSR count). The third-order valence-corrected chi connectivity index (χ3v) is 5.71. The van der Waals surface area contributed by atoms with Crippen LogP contribution in [0.5, 0.6) is 0 Å². The molecule has 4 heterocycles. The Morgan fingerprint density at radius 1 is 0.917 bits per heavy atom. The molecule has 0 spiro atoms. The van der Waals surface area contributed by atoms with Crippen LogP contribution in [0.4, 0.5) is 38.1 Å². The van der Waals surface area contributed by atoms with Crippen molar-refractivity contribution in [3.63, 3.8) is 0 Å². The standard InChI is InChI=1S/C12H15F3N4O.C9H10F3N3O/c1-2-10(20)18-3-5-19(6-4-18)11-16-7-9(8-17-11)12(13,14)15;10-9(11,12)6-5-7(13-14-8(6)16)15-3-1-2-4-15/h7-8H,2-6H2,1H3;5H,1-4H2,(H,14,16). The van der Waals surface area contributed by atoms with Gasteiger partial charge in [0.15, 0.2) is 0 Å². The highest BCUT2D eigenvalue weighted by Crippen LogP contribution is 2.29. The van der Waals surface area contributed by atoms with E-state index in [-0.39, 0.29) is 17.7 Å². The molecule has 0 atom stereocenters. The molecule has 2 aromatic heterocycles. The minimum atomic E-state index is -4.63. The van der Waals surface area contributed by atoms with E-state index < -0.39 is 29.0 Å². The maximum absolute atomic E-state index is 12.4.